The fraction of sp³-hybridized carbons (Fsp3) is 0.143. The standard InChI is InChI=1S/C21H21NO2/c1-15-12-18(22)13-16(2)21(15)24-20-10-8-19(9-11-20)23-14-17-6-4-3-5-7-17/h3-13H,14,22H2,1-2H3. The fourth-order valence-corrected chi connectivity index (χ4v) is 2.61. The Balaban J connectivity index is 1.67. The molecule has 3 nitrogen and oxygen atoms in total. The van der Waals surface area contributed by atoms with Crippen molar-refractivity contribution in [2.24, 2.45) is 0 Å². The van der Waals surface area contributed by atoms with E-state index < -0.39 is 0 Å². The van der Waals surface area contributed by atoms with Crippen molar-refractivity contribution in [3.63, 3.8) is 0 Å². The highest BCUT2D eigenvalue weighted by atomic mass is 16.5. The van der Waals surface area contributed by atoms with Gasteiger partial charge < -0.3 is 15.2 Å². The summed E-state index contributed by atoms with van der Waals surface area (Å²) >= 11 is 0. The molecule has 0 radical (unpaired) electrons. The van der Waals surface area contributed by atoms with E-state index in [1.54, 1.807) is 0 Å². The molecule has 0 amide bonds. The van der Waals surface area contributed by atoms with Crippen molar-refractivity contribution in [3.05, 3.63) is 83.4 Å². The Hall–Kier alpha value is -2.94. The number of nitrogens with two attached hydrogens (primary N) is 1. The molecule has 0 atom stereocenters. The highest BCUT2D eigenvalue weighted by Crippen LogP contribution is 2.31. The first-order chi connectivity index (χ1) is 11.6. The van der Waals surface area contributed by atoms with E-state index in [1.165, 1.54) is 0 Å². The first-order valence-electron chi connectivity index (χ1n) is 7.93. The second-order valence-electron chi connectivity index (χ2n) is 5.83. The van der Waals surface area contributed by atoms with Gasteiger partial charge in [0, 0.05) is 5.69 Å². The Morgan fingerprint density at radius 2 is 1.38 bits per heavy atom. The van der Waals surface area contributed by atoms with Crippen LogP contribution in [0.1, 0.15) is 16.7 Å². The van der Waals surface area contributed by atoms with Crippen LogP contribution >= 0.6 is 0 Å². The molecular formula is C21H21NO2. The number of hydrogen-bond acceptors (Lipinski definition) is 3. The number of nitrogen functional groups attached to an aromatic ring is 1. The summed E-state index contributed by atoms with van der Waals surface area (Å²) in [5.41, 5.74) is 9.80. The largest absolute Gasteiger partial charge is 0.489 e. The number of benzene rings is 3. The summed E-state index contributed by atoms with van der Waals surface area (Å²) < 4.78 is 11.8. The van der Waals surface area contributed by atoms with Gasteiger partial charge in [0.2, 0.25) is 0 Å². The second-order valence-corrected chi connectivity index (χ2v) is 5.83. The van der Waals surface area contributed by atoms with Crippen LogP contribution in [-0.4, -0.2) is 0 Å². The molecule has 122 valence electrons. The molecule has 0 bridgehead atoms. The molecule has 0 spiro atoms. The number of anilines is 1. The van der Waals surface area contributed by atoms with Gasteiger partial charge in [-0.25, -0.2) is 0 Å². The van der Waals surface area contributed by atoms with E-state index in [4.69, 9.17) is 15.2 Å². The van der Waals surface area contributed by atoms with Crippen LogP contribution in [0.3, 0.4) is 0 Å². The molecule has 0 saturated heterocycles. The van der Waals surface area contributed by atoms with Crippen molar-refractivity contribution in [3.8, 4) is 17.2 Å². The third-order valence-corrected chi connectivity index (χ3v) is 3.77. The van der Waals surface area contributed by atoms with Gasteiger partial charge >= 0.3 is 0 Å². The first-order valence-corrected chi connectivity index (χ1v) is 7.93. The topological polar surface area (TPSA) is 44.5 Å². The van der Waals surface area contributed by atoms with Gasteiger partial charge in [-0.3, -0.25) is 0 Å². The number of hydrogen-bond donors (Lipinski definition) is 1. The second kappa shape index (κ2) is 7.09. The van der Waals surface area contributed by atoms with Crippen molar-refractivity contribution in [1.82, 2.24) is 0 Å². The Morgan fingerprint density at radius 1 is 0.792 bits per heavy atom. The SMILES string of the molecule is Cc1cc(N)cc(C)c1Oc1ccc(OCc2ccccc2)cc1. The predicted molar refractivity (Wildman–Crippen MR) is 97.6 cm³/mol. The molecular weight excluding hydrogens is 298 g/mol. The maximum Gasteiger partial charge on any atom is 0.133 e. The van der Waals surface area contributed by atoms with E-state index in [1.807, 2.05) is 80.6 Å². The van der Waals surface area contributed by atoms with Crippen LogP contribution in [0, 0.1) is 13.8 Å². The van der Waals surface area contributed by atoms with Gasteiger partial charge in [-0.15, -0.1) is 0 Å². The van der Waals surface area contributed by atoms with E-state index in [9.17, 15) is 0 Å². The van der Waals surface area contributed by atoms with Crippen molar-refractivity contribution in [2.45, 2.75) is 20.5 Å². The van der Waals surface area contributed by atoms with Crippen LogP contribution < -0.4 is 15.2 Å². The van der Waals surface area contributed by atoms with E-state index in [-0.39, 0.29) is 0 Å². The number of aryl methyl sites for hydroxylation is 2. The van der Waals surface area contributed by atoms with Crippen molar-refractivity contribution in [2.75, 3.05) is 5.73 Å². The number of rotatable bonds is 5. The van der Waals surface area contributed by atoms with Gasteiger partial charge in [-0.2, -0.15) is 0 Å². The van der Waals surface area contributed by atoms with E-state index in [0.717, 1.165) is 39.6 Å². The normalized spacial score (nSPS) is 10.4. The smallest absolute Gasteiger partial charge is 0.133 e. The van der Waals surface area contributed by atoms with Gasteiger partial charge in [0.25, 0.3) is 0 Å². The zero-order valence-electron chi connectivity index (χ0n) is 14.0. The quantitative estimate of drug-likeness (QED) is 0.653. The van der Waals surface area contributed by atoms with Gasteiger partial charge in [-0.05, 0) is 66.9 Å². The summed E-state index contributed by atoms with van der Waals surface area (Å²) in [6, 6.07) is 21.6. The summed E-state index contributed by atoms with van der Waals surface area (Å²) in [6.07, 6.45) is 0. The lowest BCUT2D eigenvalue weighted by molar-refractivity contribution is 0.306. The number of ether oxygens (including phenoxy) is 2. The summed E-state index contributed by atoms with van der Waals surface area (Å²) in [5.74, 6) is 2.44. The third kappa shape index (κ3) is 3.87. The van der Waals surface area contributed by atoms with Crippen LogP contribution in [0.15, 0.2) is 66.7 Å². The minimum Gasteiger partial charge on any atom is -0.489 e. The lowest BCUT2D eigenvalue weighted by Crippen LogP contribution is -1.96. The highest BCUT2D eigenvalue weighted by Gasteiger charge is 2.07. The molecule has 24 heavy (non-hydrogen) atoms. The molecule has 3 aromatic carbocycles. The van der Waals surface area contributed by atoms with Gasteiger partial charge in [0.1, 0.15) is 23.9 Å². The van der Waals surface area contributed by atoms with Crippen LogP contribution in [0.4, 0.5) is 5.69 Å². The zero-order chi connectivity index (χ0) is 16.9. The molecule has 2 N–H and O–H groups in total. The molecule has 0 unspecified atom stereocenters. The zero-order valence-corrected chi connectivity index (χ0v) is 14.0. The predicted octanol–water partition coefficient (Wildman–Crippen LogP) is 5.26. The minimum absolute atomic E-state index is 0.553. The van der Waals surface area contributed by atoms with Crippen LogP contribution in [0.5, 0.6) is 17.2 Å². The molecule has 0 aromatic heterocycles. The summed E-state index contributed by atoms with van der Waals surface area (Å²) in [5, 5.41) is 0. The Kier molecular flexibility index (Phi) is 4.71. The van der Waals surface area contributed by atoms with Crippen molar-refractivity contribution >= 4 is 5.69 Å². The fourth-order valence-electron chi connectivity index (χ4n) is 2.61. The molecule has 3 heteroatoms. The minimum atomic E-state index is 0.553. The van der Waals surface area contributed by atoms with Crippen molar-refractivity contribution < 1.29 is 9.47 Å². The molecule has 0 aliphatic heterocycles. The summed E-state index contributed by atoms with van der Waals surface area (Å²) in [6.45, 7) is 4.54. The lowest BCUT2D eigenvalue weighted by Gasteiger charge is -2.13. The highest BCUT2D eigenvalue weighted by molar-refractivity contribution is 5.53. The Bertz CT molecular complexity index is 788. The molecule has 3 aromatic rings. The molecule has 0 aliphatic carbocycles. The Morgan fingerprint density at radius 3 is 2.00 bits per heavy atom. The molecule has 0 saturated carbocycles. The van der Waals surface area contributed by atoms with Crippen molar-refractivity contribution in [1.29, 1.82) is 0 Å². The molecule has 0 aliphatic rings. The van der Waals surface area contributed by atoms with Gasteiger partial charge in [-0.1, -0.05) is 30.3 Å². The average Bonchev–Trinajstić information content (AvgIpc) is 2.58. The first kappa shape index (κ1) is 15.9. The van der Waals surface area contributed by atoms with Gasteiger partial charge in [0.15, 0.2) is 0 Å². The maximum absolute atomic E-state index is 6.00. The molecule has 3 rings (SSSR count). The van der Waals surface area contributed by atoms with E-state index in [2.05, 4.69) is 0 Å². The Labute approximate surface area is 142 Å². The monoisotopic (exact) mass is 319 g/mol. The maximum atomic E-state index is 6.00. The molecule has 0 heterocycles. The summed E-state index contributed by atoms with van der Waals surface area (Å²) in [4.78, 5) is 0. The summed E-state index contributed by atoms with van der Waals surface area (Å²) in [7, 11) is 0. The lowest BCUT2D eigenvalue weighted by atomic mass is 10.1. The van der Waals surface area contributed by atoms with E-state index in [0.29, 0.717) is 6.61 Å². The van der Waals surface area contributed by atoms with E-state index >= 15 is 0 Å². The van der Waals surface area contributed by atoms with Crippen LogP contribution in [0.25, 0.3) is 0 Å². The van der Waals surface area contributed by atoms with Gasteiger partial charge in [0.05, 0.1) is 0 Å². The molecule has 0 fully saturated rings. The van der Waals surface area contributed by atoms with Crippen LogP contribution in [0.2, 0.25) is 0 Å². The van der Waals surface area contributed by atoms with Crippen LogP contribution in [-0.2, 0) is 6.61 Å². The average molecular weight is 319 g/mol. The third-order valence-electron chi connectivity index (χ3n) is 3.77.